The van der Waals surface area contributed by atoms with Crippen molar-refractivity contribution >= 4 is 34.8 Å². The first-order valence-corrected chi connectivity index (χ1v) is 8.70. The van der Waals surface area contributed by atoms with Gasteiger partial charge >= 0.3 is 6.03 Å². The number of carbonyl (C=O) groups is 1. The van der Waals surface area contributed by atoms with Crippen molar-refractivity contribution in [1.29, 1.82) is 5.41 Å². The molecule has 0 atom stereocenters. The number of benzene rings is 2. The van der Waals surface area contributed by atoms with E-state index in [-0.39, 0.29) is 11.5 Å². The predicted molar refractivity (Wildman–Crippen MR) is 108 cm³/mol. The van der Waals surface area contributed by atoms with Gasteiger partial charge in [0.1, 0.15) is 17.4 Å². The van der Waals surface area contributed by atoms with Gasteiger partial charge in [-0.15, -0.1) is 0 Å². The van der Waals surface area contributed by atoms with E-state index >= 15 is 0 Å². The molecule has 1 aliphatic heterocycles. The smallest absolute Gasteiger partial charge is 0.323 e. The van der Waals surface area contributed by atoms with Crippen molar-refractivity contribution in [2.45, 2.75) is 0 Å². The van der Waals surface area contributed by atoms with E-state index in [1.54, 1.807) is 35.2 Å². The Morgan fingerprint density at radius 1 is 1.28 bits per heavy atom. The minimum Gasteiger partial charge on any atom is -0.497 e. The second kappa shape index (κ2) is 7.19. The van der Waals surface area contributed by atoms with E-state index in [2.05, 4.69) is 5.32 Å². The predicted octanol–water partition coefficient (Wildman–Crippen LogP) is 3.86. The summed E-state index contributed by atoms with van der Waals surface area (Å²) < 4.78 is 24.8. The Hall–Kier alpha value is -4.01. The number of hydrogen-bond donors (Lipinski definition) is 3. The number of methoxy groups -OCH3 is 1. The van der Waals surface area contributed by atoms with E-state index in [1.807, 2.05) is 0 Å². The number of anilines is 4. The molecule has 0 saturated heterocycles. The molecule has 8 nitrogen and oxygen atoms in total. The van der Waals surface area contributed by atoms with Gasteiger partial charge in [-0.05, 0) is 42.5 Å². The Kier molecular flexibility index (Phi) is 4.55. The number of nitrogens with zero attached hydrogens (tertiary/aromatic N) is 2. The number of amides is 2. The molecule has 1 aliphatic rings. The third-order valence-corrected chi connectivity index (χ3v) is 4.62. The molecular weight excluding hydrogens is 377 g/mol. The molecule has 0 spiro atoms. The van der Waals surface area contributed by atoms with E-state index in [1.165, 1.54) is 31.6 Å². The minimum absolute atomic E-state index is 0.0139. The van der Waals surface area contributed by atoms with Crippen LogP contribution in [0.5, 0.6) is 5.75 Å². The summed E-state index contributed by atoms with van der Waals surface area (Å²) in [5.41, 5.74) is 7.26. The van der Waals surface area contributed by atoms with Crippen LogP contribution in [0.3, 0.4) is 0 Å². The SMILES string of the molecule is COc1ccc(F)c(N(C(N)=O)c2ccc(N3CNc4occc4C3=N)cc2)c1. The number of amidine groups is 1. The van der Waals surface area contributed by atoms with Gasteiger partial charge in [0.05, 0.1) is 37.0 Å². The first kappa shape index (κ1) is 18.4. The summed E-state index contributed by atoms with van der Waals surface area (Å²) in [6.07, 6.45) is 1.52. The highest BCUT2D eigenvalue weighted by molar-refractivity contribution is 6.12. The summed E-state index contributed by atoms with van der Waals surface area (Å²) in [7, 11) is 1.45. The monoisotopic (exact) mass is 395 g/mol. The van der Waals surface area contributed by atoms with Gasteiger partial charge in [0, 0.05) is 11.8 Å². The maximum atomic E-state index is 14.4. The van der Waals surface area contributed by atoms with Gasteiger partial charge in [-0.1, -0.05) is 0 Å². The molecule has 4 N–H and O–H groups in total. The van der Waals surface area contributed by atoms with E-state index in [0.717, 1.165) is 4.90 Å². The quantitative estimate of drug-likeness (QED) is 0.622. The van der Waals surface area contributed by atoms with E-state index < -0.39 is 11.8 Å². The van der Waals surface area contributed by atoms with E-state index in [4.69, 9.17) is 20.3 Å². The van der Waals surface area contributed by atoms with Crippen LogP contribution in [0.1, 0.15) is 5.56 Å². The molecule has 0 bridgehead atoms. The zero-order valence-corrected chi connectivity index (χ0v) is 15.5. The van der Waals surface area contributed by atoms with E-state index in [9.17, 15) is 9.18 Å². The first-order valence-electron chi connectivity index (χ1n) is 8.70. The molecule has 9 heteroatoms. The number of nitrogens with one attached hydrogen (secondary N) is 2. The highest BCUT2D eigenvalue weighted by Gasteiger charge is 2.25. The fourth-order valence-electron chi connectivity index (χ4n) is 3.19. The van der Waals surface area contributed by atoms with Crippen molar-refractivity contribution in [2.75, 3.05) is 28.9 Å². The summed E-state index contributed by atoms with van der Waals surface area (Å²) in [5.74, 6) is 0.623. The van der Waals surface area contributed by atoms with Gasteiger partial charge in [0.15, 0.2) is 0 Å². The maximum Gasteiger partial charge on any atom is 0.323 e. The topological polar surface area (TPSA) is 108 Å². The second-order valence-corrected chi connectivity index (χ2v) is 6.28. The largest absolute Gasteiger partial charge is 0.497 e. The van der Waals surface area contributed by atoms with Crippen LogP contribution in [-0.4, -0.2) is 25.6 Å². The average Bonchev–Trinajstić information content (AvgIpc) is 3.20. The normalized spacial score (nSPS) is 12.9. The summed E-state index contributed by atoms with van der Waals surface area (Å²) in [6.45, 7) is 0.350. The third-order valence-electron chi connectivity index (χ3n) is 4.62. The van der Waals surface area contributed by atoms with Crippen LogP contribution >= 0.6 is 0 Å². The van der Waals surface area contributed by atoms with Gasteiger partial charge in [0.25, 0.3) is 0 Å². The molecule has 0 saturated carbocycles. The lowest BCUT2D eigenvalue weighted by atomic mass is 10.1. The summed E-state index contributed by atoms with van der Waals surface area (Å²) in [4.78, 5) is 14.9. The van der Waals surface area contributed by atoms with E-state index in [0.29, 0.717) is 35.2 Å². The average molecular weight is 395 g/mol. The Balaban J connectivity index is 1.66. The summed E-state index contributed by atoms with van der Waals surface area (Å²) in [6, 6.07) is 11.7. The zero-order valence-electron chi connectivity index (χ0n) is 15.5. The molecule has 2 aromatic carbocycles. The third kappa shape index (κ3) is 3.22. The Labute approximate surface area is 165 Å². The van der Waals surface area contributed by atoms with Crippen molar-refractivity contribution in [3.05, 3.63) is 66.2 Å². The molecule has 0 fully saturated rings. The van der Waals surface area contributed by atoms with Crippen molar-refractivity contribution < 1.29 is 18.3 Å². The molecule has 2 amide bonds. The number of fused-ring (bicyclic) bond motifs is 1. The molecule has 29 heavy (non-hydrogen) atoms. The van der Waals surface area contributed by atoms with Crippen LogP contribution in [0, 0.1) is 11.2 Å². The standard InChI is InChI=1S/C20H18FN5O3/c1-28-14-6-7-16(21)17(10-14)26(20(23)27)13-4-2-12(3-5-13)25-11-24-19-15(18(25)22)8-9-29-19/h2-10,22,24H,11H2,1H3,(H2,23,27). The molecular formula is C20H18FN5O3. The molecule has 0 unspecified atom stereocenters. The van der Waals surface area contributed by atoms with Gasteiger partial charge in [-0.3, -0.25) is 10.3 Å². The lowest BCUT2D eigenvalue weighted by Gasteiger charge is -2.30. The minimum atomic E-state index is -0.833. The number of primary amides is 1. The summed E-state index contributed by atoms with van der Waals surface area (Å²) >= 11 is 0. The first-order chi connectivity index (χ1) is 14.0. The Bertz CT molecular complexity index is 1080. The van der Waals surface area contributed by atoms with Crippen molar-refractivity contribution in [2.24, 2.45) is 5.73 Å². The van der Waals surface area contributed by atoms with Crippen molar-refractivity contribution in [3.8, 4) is 5.75 Å². The maximum absolute atomic E-state index is 14.4. The molecule has 0 aliphatic carbocycles. The number of urea groups is 1. The van der Waals surface area contributed by atoms with Crippen LogP contribution in [0.2, 0.25) is 0 Å². The number of furan rings is 1. The number of rotatable bonds is 4. The fraction of sp³-hybridized carbons (Fsp3) is 0.100. The van der Waals surface area contributed by atoms with Crippen LogP contribution in [0.25, 0.3) is 0 Å². The van der Waals surface area contributed by atoms with Crippen LogP contribution in [0.4, 0.5) is 32.1 Å². The van der Waals surface area contributed by atoms with Gasteiger partial charge in [-0.2, -0.15) is 0 Å². The lowest BCUT2D eigenvalue weighted by Crippen LogP contribution is -2.39. The number of nitrogens with two attached hydrogens (primary N) is 1. The molecule has 0 radical (unpaired) electrons. The van der Waals surface area contributed by atoms with Crippen LogP contribution in [-0.2, 0) is 0 Å². The number of carbonyl (C=O) groups excluding carboxylic acids is 1. The van der Waals surface area contributed by atoms with Crippen LogP contribution in [0.15, 0.2) is 59.2 Å². The zero-order chi connectivity index (χ0) is 20.5. The molecule has 3 aromatic rings. The Morgan fingerprint density at radius 2 is 2.03 bits per heavy atom. The molecule has 4 rings (SSSR count). The fourth-order valence-corrected chi connectivity index (χ4v) is 3.19. The lowest BCUT2D eigenvalue weighted by molar-refractivity contribution is 0.256. The molecule has 1 aromatic heterocycles. The molecule has 148 valence electrons. The molecule has 2 heterocycles. The summed E-state index contributed by atoms with van der Waals surface area (Å²) in [5, 5.41) is 11.5. The number of hydrogen-bond acceptors (Lipinski definition) is 5. The van der Waals surface area contributed by atoms with Gasteiger partial charge < -0.3 is 25.1 Å². The number of ether oxygens (including phenoxy) is 1. The van der Waals surface area contributed by atoms with Crippen LogP contribution < -0.4 is 25.6 Å². The second-order valence-electron chi connectivity index (χ2n) is 6.28. The van der Waals surface area contributed by atoms with Gasteiger partial charge in [-0.25, -0.2) is 9.18 Å². The highest BCUT2D eigenvalue weighted by atomic mass is 19.1. The highest BCUT2D eigenvalue weighted by Crippen LogP contribution is 2.33. The van der Waals surface area contributed by atoms with Gasteiger partial charge in [0.2, 0.25) is 5.88 Å². The Morgan fingerprint density at radius 3 is 2.72 bits per heavy atom. The number of halogens is 1. The van der Waals surface area contributed by atoms with Crippen molar-refractivity contribution in [1.82, 2.24) is 0 Å². The van der Waals surface area contributed by atoms with Crippen molar-refractivity contribution in [3.63, 3.8) is 0 Å².